The summed E-state index contributed by atoms with van der Waals surface area (Å²) >= 11 is 0. The van der Waals surface area contributed by atoms with Crippen LogP contribution in [-0.4, -0.2) is 52.2 Å². The number of carbonyl (C=O) groups excluding carboxylic acids is 1. The lowest BCUT2D eigenvalue weighted by molar-refractivity contribution is 0.0145. The molecule has 25 heavy (non-hydrogen) atoms. The first-order valence-corrected chi connectivity index (χ1v) is 8.54. The van der Waals surface area contributed by atoms with Crippen LogP contribution >= 0.6 is 0 Å². The quantitative estimate of drug-likeness (QED) is 0.786. The third-order valence-corrected chi connectivity index (χ3v) is 4.16. The van der Waals surface area contributed by atoms with E-state index in [0.29, 0.717) is 31.7 Å². The summed E-state index contributed by atoms with van der Waals surface area (Å²) in [6.07, 6.45) is 9.58. The number of pyridine rings is 1. The van der Waals surface area contributed by atoms with Gasteiger partial charge in [0.05, 0.1) is 12.7 Å². The molecule has 1 saturated heterocycles. The molecule has 6 heteroatoms. The van der Waals surface area contributed by atoms with Crippen molar-refractivity contribution in [2.24, 2.45) is 0 Å². The largest absolute Gasteiger partial charge is 0.444 e. The summed E-state index contributed by atoms with van der Waals surface area (Å²) in [4.78, 5) is 19.7. The minimum absolute atomic E-state index is 0.210. The van der Waals surface area contributed by atoms with Gasteiger partial charge in [0.25, 0.3) is 0 Å². The number of ether oxygens (including phenoxy) is 1. The topological polar surface area (TPSA) is 45.7 Å². The van der Waals surface area contributed by atoms with Gasteiger partial charge in [0.15, 0.2) is 0 Å². The maximum absolute atomic E-state index is 13.9. The number of halogens is 1. The Kier molecular flexibility index (Phi) is 6.38. The van der Waals surface area contributed by atoms with E-state index in [1.807, 2.05) is 20.8 Å². The van der Waals surface area contributed by atoms with Crippen LogP contribution in [0.2, 0.25) is 0 Å². The van der Waals surface area contributed by atoms with Crippen LogP contribution in [0.1, 0.15) is 39.2 Å². The normalized spacial score (nSPS) is 15.9. The molecule has 1 aliphatic rings. The fourth-order valence-electron chi connectivity index (χ4n) is 2.92. The van der Waals surface area contributed by atoms with E-state index in [9.17, 15) is 9.18 Å². The van der Waals surface area contributed by atoms with Crippen molar-refractivity contribution in [2.45, 2.75) is 51.8 Å². The third kappa shape index (κ3) is 5.71. The van der Waals surface area contributed by atoms with E-state index < -0.39 is 5.60 Å². The van der Waals surface area contributed by atoms with Crippen LogP contribution < -0.4 is 0 Å². The fourth-order valence-corrected chi connectivity index (χ4v) is 2.92. The molecule has 0 N–H and O–H groups in total. The van der Waals surface area contributed by atoms with Crippen LogP contribution in [0.5, 0.6) is 0 Å². The number of aromatic nitrogens is 1. The van der Waals surface area contributed by atoms with Crippen molar-refractivity contribution in [2.75, 3.05) is 19.6 Å². The van der Waals surface area contributed by atoms with Crippen molar-refractivity contribution in [3.63, 3.8) is 0 Å². The molecular formula is C19H26FN3O2. The van der Waals surface area contributed by atoms with Crippen molar-refractivity contribution >= 4 is 6.09 Å². The number of piperidine rings is 1. The standard InChI is InChI=1S/C19H26FN3O2/c1-5-10-23(14-15-6-9-21-13-17(15)20)16-7-11-22(12-8-16)18(24)25-19(2,3)4/h1,6,9,13,16H,7-8,10-12,14H2,2-4H3. The first-order chi connectivity index (χ1) is 11.8. The smallest absolute Gasteiger partial charge is 0.410 e. The van der Waals surface area contributed by atoms with Gasteiger partial charge >= 0.3 is 6.09 Å². The molecule has 2 heterocycles. The van der Waals surface area contributed by atoms with Gasteiger partial charge in [-0.3, -0.25) is 9.88 Å². The van der Waals surface area contributed by atoms with Crippen LogP contribution in [0.3, 0.4) is 0 Å². The number of hydrogen-bond donors (Lipinski definition) is 0. The Labute approximate surface area is 149 Å². The maximum atomic E-state index is 13.9. The molecule has 1 aliphatic heterocycles. The Balaban J connectivity index is 1.95. The molecule has 1 aromatic heterocycles. The monoisotopic (exact) mass is 347 g/mol. The molecule has 0 bridgehead atoms. The van der Waals surface area contributed by atoms with Crippen LogP contribution in [0.4, 0.5) is 9.18 Å². The van der Waals surface area contributed by atoms with Crippen LogP contribution in [0, 0.1) is 18.2 Å². The molecule has 2 rings (SSSR count). The van der Waals surface area contributed by atoms with E-state index in [2.05, 4.69) is 15.8 Å². The third-order valence-electron chi connectivity index (χ3n) is 4.16. The lowest BCUT2D eigenvalue weighted by atomic mass is 10.0. The highest BCUT2D eigenvalue weighted by atomic mass is 19.1. The highest BCUT2D eigenvalue weighted by Gasteiger charge is 2.29. The molecule has 1 aromatic rings. The molecule has 1 fully saturated rings. The number of amides is 1. The van der Waals surface area contributed by atoms with Gasteiger partial charge in [-0.05, 0) is 39.7 Å². The van der Waals surface area contributed by atoms with Crippen LogP contribution in [-0.2, 0) is 11.3 Å². The van der Waals surface area contributed by atoms with E-state index in [4.69, 9.17) is 11.2 Å². The van der Waals surface area contributed by atoms with Gasteiger partial charge in [0.2, 0.25) is 0 Å². The minimum atomic E-state index is -0.498. The highest BCUT2D eigenvalue weighted by Crippen LogP contribution is 2.21. The minimum Gasteiger partial charge on any atom is -0.444 e. The SMILES string of the molecule is C#CCN(Cc1ccncc1F)C1CCN(C(=O)OC(C)(C)C)CC1. The van der Waals surface area contributed by atoms with Gasteiger partial charge in [-0.25, -0.2) is 9.18 Å². The second-order valence-electron chi connectivity index (χ2n) is 7.27. The van der Waals surface area contributed by atoms with Gasteiger partial charge in [-0.15, -0.1) is 6.42 Å². The second-order valence-corrected chi connectivity index (χ2v) is 7.27. The van der Waals surface area contributed by atoms with Gasteiger partial charge in [0.1, 0.15) is 11.4 Å². The molecule has 0 saturated carbocycles. The molecule has 0 aliphatic carbocycles. The maximum Gasteiger partial charge on any atom is 0.410 e. The number of terminal acetylenes is 1. The molecule has 5 nitrogen and oxygen atoms in total. The molecule has 136 valence electrons. The second kappa shape index (κ2) is 8.30. The van der Waals surface area contributed by atoms with E-state index in [0.717, 1.165) is 12.8 Å². The number of nitrogens with zero attached hydrogens (tertiary/aromatic N) is 3. The van der Waals surface area contributed by atoms with E-state index in [-0.39, 0.29) is 18.0 Å². The molecule has 0 aromatic carbocycles. The number of likely N-dealkylation sites (tertiary alicyclic amines) is 1. The summed E-state index contributed by atoms with van der Waals surface area (Å²) in [5, 5.41) is 0. The van der Waals surface area contributed by atoms with Crippen LogP contribution in [0.25, 0.3) is 0 Å². The first kappa shape index (κ1) is 19.2. The summed E-state index contributed by atoms with van der Waals surface area (Å²) < 4.78 is 19.3. The Hall–Kier alpha value is -2.13. The summed E-state index contributed by atoms with van der Waals surface area (Å²) in [7, 11) is 0. The zero-order chi connectivity index (χ0) is 18.4. The van der Waals surface area contributed by atoms with Gasteiger partial charge in [-0.2, -0.15) is 0 Å². The zero-order valence-electron chi connectivity index (χ0n) is 15.2. The van der Waals surface area contributed by atoms with Gasteiger partial charge in [-0.1, -0.05) is 5.92 Å². The van der Waals surface area contributed by atoms with Gasteiger partial charge in [0, 0.05) is 37.4 Å². The number of rotatable bonds is 4. The van der Waals surface area contributed by atoms with Gasteiger partial charge < -0.3 is 9.64 Å². The average molecular weight is 347 g/mol. The highest BCUT2D eigenvalue weighted by molar-refractivity contribution is 5.68. The molecular weight excluding hydrogens is 321 g/mol. The summed E-state index contributed by atoms with van der Waals surface area (Å²) in [6.45, 7) is 7.67. The first-order valence-electron chi connectivity index (χ1n) is 8.54. The van der Waals surface area contributed by atoms with Crippen molar-refractivity contribution in [3.8, 4) is 12.3 Å². The lowest BCUT2D eigenvalue weighted by Crippen LogP contribution is -2.48. The van der Waals surface area contributed by atoms with Crippen LogP contribution in [0.15, 0.2) is 18.5 Å². The molecule has 0 unspecified atom stereocenters. The summed E-state index contributed by atoms with van der Waals surface area (Å²) in [6, 6.07) is 1.89. The Morgan fingerprint density at radius 1 is 1.48 bits per heavy atom. The van der Waals surface area contributed by atoms with E-state index >= 15 is 0 Å². The average Bonchev–Trinajstić information content (AvgIpc) is 2.55. The Bertz CT molecular complexity index is 628. The van der Waals surface area contributed by atoms with Crippen molar-refractivity contribution < 1.29 is 13.9 Å². The predicted octanol–water partition coefficient (Wildman–Crippen LogP) is 3.06. The van der Waals surface area contributed by atoms with E-state index in [1.165, 1.54) is 6.20 Å². The molecule has 0 spiro atoms. The lowest BCUT2D eigenvalue weighted by Gasteiger charge is -2.38. The summed E-state index contributed by atoms with van der Waals surface area (Å²) in [5.74, 6) is 2.33. The van der Waals surface area contributed by atoms with Crippen molar-refractivity contribution in [1.29, 1.82) is 0 Å². The van der Waals surface area contributed by atoms with Crippen molar-refractivity contribution in [3.05, 3.63) is 29.8 Å². The number of hydrogen-bond acceptors (Lipinski definition) is 4. The molecule has 0 radical (unpaired) electrons. The predicted molar refractivity (Wildman–Crippen MR) is 94.3 cm³/mol. The molecule has 1 amide bonds. The Morgan fingerprint density at radius 2 is 2.16 bits per heavy atom. The van der Waals surface area contributed by atoms with E-state index in [1.54, 1.807) is 17.2 Å². The fraction of sp³-hybridized carbons (Fsp3) is 0.579. The molecule has 0 atom stereocenters. The zero-order valence-corrected chi connectivity index (χ0v) is 15.2. The van der Waals surface area contributed by atoms with Crippen molar-refractivity contribution in [1.82, 2.24) is 14.8 Å². The number of carbonyl (C=O) groups is 1. The summed E-state index contributed by atoms with van der Waals surface area (Å²) in [5.41, 5.74) is 0.0855. The Morgan fingerprint density at radius 3 is 2.72 bits per heavy atom.